The Morgan fingerprint density at radius 1 is 1.50 bits per heavy atom. The molecule has 1 aromatic carbocycles. The zero-order valence-electron chi connectivity index (χ0n) is 9.74. The van der Waals surface area contributed by atoms with Gasteiger partial charge in [-0.05, 0) is 0 Å². The van der Waals surface area contributed by atoms with Gasteiger partial charge < -0.3 is 15.6 Å². The van der Waals surface area contributed by atoms with Crippen LogP contribution >= 0.6 is 11.6 Å². The van der Waals surface area contributed by atoms with E-state index >= 15 is 0 Å². The third-order valence-electron chi connectivity index (χ3n) is 2.55. The summed E-state index contributed by atoms with van der Waals surface area (Å²) in [4.78, 5) is 0. The van der Waals surface area contributed by atoms with Crippen LogP contribution in [-0.2, 0) is 7.05 Å². The van der Waals surface area contributed by atoms with E-state index in [1.165, 1.54) is 23.9 Å². The molecule has 0 aliphatic carbocycles. The molecule has 0 aliphatic heterocycles. The molecule has 2 aromatic rings. The first-order chi connectivity index (χ1) is 8.45. The predicted octanol–water partition coefficient (Wildman–Crippen LogP) is 2.18. The van der Waals surface area contributed by atoms with Gasteiger partial charge in [0.05, 0.1) is 17.7 Å². The van der Waals surface area contributed by atoms with E-state index in [9.17, 15) is 9.50 Å². The lowest BCUT2D eigenvalue weighted by atomic mass is 10.1. The average Bonchev–Trinajstić information content (AvgIpc) is 2.64. The molecule has 1 aromatic heterocycles. The summed E-state index contributed by atoms with van der Waals surface area (Å²) in [6.07, 6.45) is 0. The Morgan fingerprint density at radius 2 is 2.17 bits per heavy atom. The molecule has 3 N–H and O–H groups in total. The number of aryl methyl sites for hydroxylation is 1. The highest BCUT2D eigenvalue weighted by atomic mass is 35.5. The molecule has 1 heterocycles. The maximum absolute atomic E-state index is 14.0. The van der Waals surface area contributed by atoms with Crippen molar-refractivity contribution in [2.24, 2.45) is 7.05 Å². The van der Waals surface area contributed by atoms with E-state index in [-0.39, 0.29) is 27.8 Å². The summed E-state index contributed by atoms with van der Waals surface area (Å²) in [7, 11) is 2.95. The number of anilines is 1. The monoisotopic (exact) mass is 271 g/mol. The molecule has 0 aliphatic rings. The number of aromatic nitrogens is 2. The summed E-state index contributed by atoms with van der Waals surface area (Å²) in [5.41, 5.74) is 5.67. The normalized spacial score (nSPS) is 10.7. The van der Waals surface area contributed by atoms with E-state index in [0.29, 0.717) is 5.82 Å². The van der Waals surface area contributed by atoms with Crippen molar-refractivity contribution in [3.05, 3.63) is 23.0 Å². The van der Waals surface area contributed by atoms with E-state index in [1.807, 2.05) is 0 Å². The lowest BCUT2D eigenvalue weighted by Crippen LogP contribution is -1.97. The van der Waals surface area contributed by atoms with E-state index in [1.54, 1.807) is 7.05 Å². The second kappa shape index (κ2) is 4.38. The van der Waals surface area contributed by atoms with E-state index in [0.717, 1.165) is 0 Å². The van der Waals surface area contributed by atoms with Gasteiger partial charge in [-0.25, -0.2) is 4.39 Å². The molecule has 0 spiro atoms. The Labute approximate surface area is 108 Å². The number of ether oxygens (including phenoxy) is 1. The van der Waals surface area contributed by atoms with Crippen LogP contribution in [0.3, 0.4) is 0 Å². The number of rotatable bonds is 2. The number of nitrogens with two attached hydrogens (primary N) is 1. The number of nitrogens with zero attached hydrogens (tertiary/aromatic N) is 2. The van der Waals surface area contributed by atoms with Crippen LogP contribution in [0.15, 0.2) is 12.1 Å². The van der Waals surface area contributed by atoms with Crippen molar-refractivity contribution in [1.29, 1.82) is 0 Å². The molecule has 0 fully saturated rings. The maximum atomic E-state index is 14.0. The van der Waals surface area contributed by atoms with Crippen LogP contribution in [0.1, 0.15) is 0 Å². The number of benzene rings is 1. The Morgan fingerprint density at radius 3 is 2.67 bits per heavy atom. The third kappa shape index (κ3) is 1.84. The molecule has 0 saturated heterocycles. The SMILES string of the molecule is COc1cc(Cl)c(F)c(-c2cc(N)n(C)n2)c1O. The van der Waals surface area contributed by atoms with Crippen LogP contribution in [-0.4, -0.2) is 22.0 Å². The highest BCUT2D eigenvalue weighted by Crippen LogP contribution is 2.42. The fourth-order valence-corrected chi connectivity index (χ4v) is 1.78. The number of methoxy groups -OCH3 is 1. The van der Waals surface area contributed by atoms with Crippen molar-refractivity contribution in [3.8, 4) is 22.8 Å². The largest absolute Gasteiger partial charge is 0.504 e. The van der Waals surface area contributed by atoms with Crippen molar-refractivity contribution in [2.45, 2.75) is 0 Å². The van der Waals surface area contributed by atoms with Gasteiger partial charge in [-0.15, -0.1) is 0 Å². The molecule has 0 unspecified atom stereocenters. The van der Waals surface area contributed by atoms with E-state index in [2.05, 4.69) is 5.10 Å². The molecule has 0 atom stereocenters. The summed E-state index contributed by atoms with van der Waals surface area (Å²) in [5, 5.41) is 13.8. The summed E-state index contributed by atoms with van der Waals surface area (Å²) in [5.74, 6) is -0.728. The minimum atomic E-state index is -0.770. The molecule has 0 amide bonds. The standard InChI is InChI=1S/C11H11ClFN3O2/c1-16-8(14)4-6(15-16)9-10(13)5(12)3-7(18-2)11(9)17/h3-4,17H,14H2,1-2H3. The zero-order chi connectivity index (χ0) is 13.4. The number of phenolic OH excluding ortho intramolecular Hbond substituents is 1. The van der Waals surface area contributed by atoms with Gasteiger partial charge in [0.2, 0.25) is 0 Å². The van der Waals surface area contributed by atoms with Crippen molar-refractivity contribution in [1.82, 2.24) is 9.78 Å². The number of hydrogen-bond acceptors (Lipinski definition) is 4. The van der Waals surface area contributed by atoms with Crippen LogP contribution in [0.4, 0.5) is 10.2 Å². The first kappa shape index (κ1) is 12.5. The van der Waals surface area contributed by atoms with Gasteiger partial charge in [0, 0.05) is 19.2 Å². The molecule has 0 saturated carbocycles. The molecule has 18 heavy (non-hydrogen) atoms. The topological polar surface area (TPSA) is 73.3 Å². The van der Waals surface area contributed by atoms with Crippen LogP contribution in [0.25, 0.3) is 11.3 Å². The lowest BCUT2D eigenvalue weighted by molar-refractivity contribution is 0.372. The van der Waals surface area contributed by atoms with E-state index < -0.39 is 5.82 Å². The molecule has 7 heteroatoms. The van der Waals surface area contributed by atoms with Gasteiger partial charge in [-0.2, -0.15) is 5.10 Å². The van der Waals surface area contributed by atoms with Gasteiger partial charge in [-0.1, -0.05) is 11.6 Å². The number of phenols is 1. The van der Waals surface area contributed by atoms with Crippen LogP contribution in [0.2, 0.25) is 5.02 Å². The molecular formula is C11H11ClFN3O2. The molecule has 0 bridgehead atoms. The van der Waals surface area contributed by atoms with Crippen LogP contribution < -0.4 is 10.5 Å². The van der Waals surface area contributed by atoms with Crippen LogP contribution in [0, 0.1) is 5.82 Å². The summed E-state index contributed by atoms with van der Waals surface area (Å²) in [6, 6.07) is 2.63. The minimum absolute atomic E-state index is 0.0700. The lowest BCUT2D eigenvalue weighted by Gasteiger charge is -2.09. The average molecular weight is 272 g/mol. The highest BCUT2D eigenvalue weighted by Gasteiger charge is 2.21. The molecule has 5 nitrogen and oxygen atoms in total. The molecule has 0 radical (unpaired) electrons. The summed E-state index contributed by atoms with van der Waals surface area (Å²) < 4.78 is 20.2. The third-order valence-corrected chi connectivity index (χ3v) is 2.82. The van der Waals surface area contributed by atoms with Crippen molar-refractivity contribution >= 4 is 17.4 Å². The predicted molar refractivity (Wildman–Crippen MR) is 66.2 cm³/mol. The van der Waals surface area contributed by atoms with Crippen molar-refractivity contribution in [3.63, 3.8) is 0 Å². The second-order valence-electron chi connectivity index (χ2n) is 3.68. The molecule has 2 rings (SSSR count). The van der Waals surface area contributed by atoms with Gasteiger partial charge >= 0.3 is 0 Å². The van der Waals surface area contributed by atoms with Crippen molar-refractivity contribution in [2.75, 3.05) is 12.8 Å². The first-order valence-electron chi connectivity index (χ1n) is 5.00. The Bertz CT molecular complexity index is 593. The smallest absolute Gasteiger partial charge is 0.170 e. The molecule has 96 valence electrons. The Balaban J connectivity index is 2.73. The highest BCUT2D eigenvalue weighted by molar-refractivity contribution is 6.31. The number of hydrogen-bond donors (Lipinski definition) is 2. The maximum Gasteiger partial charge on any atom is 0.170 e. The minimum Gasteiger partial charge on any atom is -0.504 e. The number of nitrogen functional groups attached to an aromatic ring is 1. The number of halogens is 2. The molecular weight excluding hydrogens is 261 g/mol. The second-order valence-corrected chi connectivity index (χ2v) is 4.08. The Kier molecular flexibility index (Phi) is 3.04. The van der Waals surface area contributed by atoms with Gasteiger partial charge in [0.1, 0.15) is 11.5 Å². The fraction of sp³-hybridized carbons (Fsp3) is 0.182. The first-order valence-corrected chi connectivity index (χ1v) is 5.38. The zero-order valence-corrected chi connectivity index (χ0v) is 10.5. The summed E-state index contributed by atoms with van der Waals surface area (Å²) in [6.45, 7) is 0. The van der Waals surface area contributed by atoms with Gasteiger partial charge in [0.25, 0.3) is 0 Å². The van der Waals surface area contributed by atoms with Gasteiger partial charge in [0.15, 0.2) is 17.3 Å². The van der Waals surface area contributed by atoms with Crippen LogP contribution in [0.5, 0.6) is 11.5 Å². The summed E-state index contributed by atoms with van der Waals surface area (Å²) >= 11 is 5.73. The van der Waals surface area contributed by atoms with Crippen molar-refractivity contribution < 1.29 is 14.2 Å². The van der Waals surface area contributed by atoms with Gasteiger partial charge in [-0.3, -0.25) is 4.68 Å². The number of aromatic hydroxyl groups is 1. The fourth-order valence-electron chi connectivity index (χ4n) is 1.59. The Hall–Kier alpha value is -1.95. The quantitative estimate of drug-likeness (QED) is 0.878. The van der Waals surface area contributed by atoms with E-state index in [4.69, 9.17) is 22.1 Å².